The Labute approximate surface area is 219 Å². The molecule has 0 saturated carbocycles. The Kier molecular flexibility index (Phi) is 9.66. The van der Waals surface area contributed by atoms with Crippen molar-refractivity contribution in [3.05, 3.63) is 65.1 Å². The van der Waals surface area contributed by atoms with Crippen molar-refractivity contribution >= 4 is 44.4 Å². The van der Waals surface area contributed by atoms with E-state index in [2.05, 4.69) is 15.4 Å². The fourth-order valence-electron chi connectivity index (χ4n) is 3.60. The summed E-state index contributed by atoms with van der Waals surface area (Å²) in [5.41, 5.74) is 0.554. The van der Waals surface area contributed by atoms with Gasteiger partial charge in [0.1, 0.15) is 22.3 Å². The molecule has 3 aromatic rings. The molecule has 0 saturated heterocycles. The van der Waals surface area contributed by atoms with E-state index in [1.54, 1.807) is 18.2 Å². The minimum absolute atomic E-state index is 0.0154. The van der Waals surface area contributed by atoms with Gasteiger partial charge in [0.2, 0.25) is 15.9 Å². The first-order chi connectivity index (χ1) is 17.5. The predicted molar refractivity (Wildman–Crippen MR) is 137 cm³/mol. The van der Waals surface area contributed by atoms with Crippen LogP contribution in [-0.2, 0) is 14.8 Å². The topological polar surface area (TPSA) is 138 Å². The second-order valence-corrected chi connectivity index (χ2v) is 11.1. The number of furan rings is 1. The average Bonchev–Trinajstić information content (AvgIpc) is 3.26. The molecule has 2 amide bonds. The number of para-hydroxylation sites is 1. The van der Waals surface area contributed by atoms with Crippen LogP contribution in [0.3, 0.4) is 0 Å². The van der Waals surface area contributed by atoms with E-state index < -0.39 is 39.8 Å². The van der Waals surface area contributed by atoms with Gasteiger partial charge in [0.25, 0.3) is 5.91 Å². The molecule has 0 aliphatic heterocycles. The van der Waals surface area contributed by atoms with E-state index in [0.717, 1.165) is 23.6 Å². The number of sulfonamides is 1. The van der Waals surface area contributed by atoms with E-state index in [9.17, 15) is 27.5 Å². The quantitative estimate of drug-likeness (QED) is 0.272. The first kappa shape index (κ1) is 28.6. The second-order valence-electron chi connectivity index (χ2n) is 8.96. The molecule has 200 valence electrons. The van der Waals surface area contributed by atoms with Gasteiger partial charge >= 0.3 is 0 Å². The van der Waals surface area contributed by atoms with Crippen molar-refractivity contribution in [1.82, 2.24) is 15.4 Å². The zero-order chi connectivity index (χ0) is 27.2. The summed E-state index contributed by atoms with van der Waals surface area (Å²) >= 11 is 5.81. The molecular weight excluding hydrogens is 525 g/mol. The molecule has 3 rings (SSSR count). The van der Waals surface area contributed by atoms with Crippen LogP contribution < -0.4 is 15.4 Å². The number of amides is 2. The van der Waals surface area contributed by atoms with Gasteiger partial charge in [0.15, 0.2) is 5.76 Å². The fourth-order valence-corrected chi connectivity index (χ4v) is 5.18. The summed E-state index contributed by atoms with van der Waals surface area (Å²) in [4.78, 5) is 25.2. The van der Waals surface area contributed by atoms with Gasteiger partial charge in [-0.2, -0.15) is 0 Å². The maximum Gasteiger partial charge on any atom is 0.287 e. The van der Waals surface area contributed by atoms with Gasteiger partial charge in [0, 0.05) is 18.5 Å². The lowest BCUT2D eigenvalue weighted by Gasteiger charge is -2.21. The lowest BCUT2D eigenvalue weighted by atomic mass is 10.0. The van der Waals surface area contributed by atoms with E-state index in [1.807, 2.05) is 26.0 Å². The average molecular weight is 554 g/mol. The Morgan fingerprint density at radius 3 is 2.54 bits per heavy atom. The number of benzene rings is 2. The minimum atomic E-state index is -4.01. The predicted octanol–water partition coefficient (Wildman–Crippen LogP) is 3.22. The molecule has 4 N–H and O–H groups in total. The summed E-state index contributed by atoms with van der Waals surface area (Å²) in [6.07, 6.45) is -0.730. The number of hydrogen-bond donors (Lipinski definition) is 4. The smallest absolute Gasteiger partial charge is 0.287 e. The van der Waals surface area contributed by atoms with Crippen LogP contribution in [0, 0.1) is 11.7 Å². The summed E-state index contributed by atoms with van der Waals surface area (Å²) in [6.45, 7) is 3.50. The Balaban J connectivity index is 1.51. The number of fused-ring (bicyclic) bond motifs is 1. The van der Waals surface area contributed by atoms with Gasteiger partial charge in [0.05, 0.1) is 11.1 Å². The number of carbonyl (C=O) groups excluding carboxylic acids is 2. The molecule has 2 atom stereocenters. The zero-order valence-electron chi connectivity index (χ0n) is 20.3. The maximum absolute atomic E-state index is 13.2. The second kappa shape index (κ2) is 12.5. The molecule has 0 aliphatic rings. The van der Waals surface area contributed by atoms with Gasteiger partial charge in [-0.25, -0.2) is 17.5 Å². The van der Waals surface area contributed by atoms with Gasteiger partial charge in [-0.1, -0.05) is 43.6 Å². The molecule has 0 radical (unpaired) electrons. The van der Waals surface area contributed by atoms with Crippen LogP contribution in [0.25, 0.3) is 11.0 Å². The number of rotatable bonds is 12. The molecule has 9 nitrogen and oxygen atoms in total. The largest absolute Gasteiger partial charge is 0.451 e. The fraction of sp³-hybridized carbons (Fsp3) is 0.360. The van der Waals surface area contributed by atoms with Gasteiger partial charge in [-0.3, -0.25) is 9.59 Å². The van der Waals surface area contributed by atoms with E-state index in [0.29, 0.717) is 12.0 Å². The van der Waals surface area contributed by atoms with Crippen molar-refractivity contribution in [1.29, 1.82) is 0 Å². The van der Waals surface area contributed by atoms with Gasteiger partial charge in [-0.15, -0.1) is 0 Å². The Morgan fingerprint density at radius 1 is 1.14 bits per heavy atom. The summed E-state index contributed by atoms with van der Waals surface area (Å²) < 4.78 is 45.7. The molecule has 1 aromatic heterocycles. The molecule has 0 spiro atoms. The first-order valence-electron chi connectivity index (χ1n) is 11.7. The minimum Gasteiger partial charge on any atom is -0.451 e. The third kappa shape index (κ3) is 8.00. The lowest BCUT2D eigenvalue weighted by molar-refractivity contribution is -0.123. The highest BCUT2D eigenvalue weighted by Gasteiger charge is 2.25. The van der Waals surface area contributed by atoms with E-state index >= 15 is 0 Å². The van der Waals surface area contributed by atoms with Gasteiger partial charge < -0.3 is 20.2 Å². The molecular formula is C25H29ClFN3O6S. The third-order valence-electron chi connectivity index (χ3n) is 5.44. The Hall–Kier alpha value is -2.99. The van der Waals surface area contributed by atoms with Crippen LogP contribution in [-0.4, -0.2) is 50.6 Å². The van der Waals surface area contributed by atoms with Crippen molar-refractivity contribution in [2.75, 3.05) is 13.1 Å². The number of hydrogen-bond acceptors (Lipinski definition) is 6. The lowest BCUT2D eigenvalue weighted by Crippen LogP contribution is -2.49. The molecule has 0 bridgehead atoms. The highest BCUT2D eigenvalue weighted by molar-refractivity contribution is 7.89. The summed E-state index contributed by atoms with van der Waals surface area (Å²) in [6, 6.07) is 10.8. The normalized spacial score (nSPS) is 13.5. The summed E-state index contributed by atoms with van der Waals surface area (Å²) in [5.74, 6) is -1.53. The summed E-state index contributed by atoms with van der Waals surface area (Å²) in [7, 11) is -4.01. The molecule has 2 aromatic carbocycles. The zero-order valence-corrected chi connectivity index (χ0v) is 21.9. The van der Waals surface area contributed by atoms with Crippen LogP contribution >= 0.6 is 11.6 Å². The number of carbonyl (C=O) groups is 2. The van der Waals surface area contributed by atoms with Crippen molar-refractivity contribution in [3.8, 4) is 0 Å². The molecule has 0 fully saturated rings. The van der Waals surface area contributed by atoms with Gasteiger partial charge in [-0.05, 0) is 49.1 Å². The van der Waals surface area contributed by atoms with Crippen molar-refractivity contribution < 1.29 is 31.9 Å². The molecule has 37 heavy (non-hydrogen) atoms. The van der Waals surface area contributed by atoms with E-state index in [-0.39, 0.29) is 41.1 Å². The van der Waals surface area contributed by atoms with E-state index in [1.165, 1.54) is 0 Å². The number of aliphatic hydroxyl groups excluding tert-OH is 1. The molecule has 0 aliphatic carbocycles. The van der Waals surface area contributed by atoms with Crippen LogP contribution in [0.15, 0.2) is 57.8 Å². The highest BCUT2D eigenvalue weighted by Crippen LogP contribution is 2.22. The standard InChI is InChI=1S/C25H29ClFN3O6S/c1-15(2)11-20(30-25(33)22-12-16-5-3-4-6-21(16)36-22)24(32)28-14-18(31)9-10-29-37(34,35)23-8-7-17(27)13-19(23)26/h3-8,12-13,15,18,20,29,31H,9-11,14H2,1-2H3,(H,28,32)(H,30,33)/t18-,20+/m1/s1. The monoisotopic (exact) mass is 553 g/mol. The Bertz CT molecular complexity index is 1330. The number of aliphatic hydroxyl groups is 1. The van der Waals surface area contributed by atoms with Crippen LogP contribution in [0.5, 0.6) is 0 Å². The van der Waals surface area contributed by atoms with Crippen LogP contribution in [0.1, 0.15) is 37.2 Å². The van der Waals surface area contributed by atoms with Crippen LogP contribution in [0.2, 0.25) is 5.02 Å². The molecule has 0 unspecified atom stereocenters. The van der Waals surface area contributed by atoms with Crippen LogP contribution in [0.4, 0.5) is 4.39 Å². The first-order valence-corrected chi connectivity index (χ1v) is 13.5. The van der Waals surface area contributed by atoms with Crippen molar-refractivity contribution in [2.45, 2.75) is 43.7 Å². The summed E-state index contributed by atoms with van der Waals surface area (Å²) in [5, 5.41) is 16.0. The van der Waals surface area contributed by atoms with E-state index in [4.69, 9.17) is 16.0 Å². The van der Waals surface area contributed by atoms with Crippen molar-refractivity contribution in [2.24, 2.45) is 5.92 Å². The molecule has 1 heterocycles. The maximum atomic E-state index is 13.2. The molecule has 12 heteroatoms. The highest BCUT2D eigenvalue weighted by atomic mass is 35.5. The Morgan fingerprint density at radius 2 is 1.86 bits per heavy atom. The SMILES string of the molecule is CC(C)C[C@H](NC(=O)c1cc2ccccc2o1)C(=O)NC[C@H](O)CCNS(=O)(=O)c1ccc(F)cc1Cl. The number of halogens is 2. The van der Waals surface area contributed by atoms with Crippen molar-refractivity contribution in [3.63, 3.8) is 0 Å². The third-order valence-corrected chi connectivity index (χ3v) is 7.39. The number of nitrogens with one attached hydrogen (secondary N) is 3.